The standard InChI is InChI=1S/C16H20F2N4OS/c1-11-22-12(10-24-11)5-6-20-16(19-2)21-7-8-23-13-3-4-14(17)15(18)9-13/h3-4,9-10H,5-8H2,1-2H3,(H2,19,20,21). The molecule has 0 bridgehead atoms. The molecular formula is C16H20F2N4OS. The van der Waals surface area contributed by atoms with Crippen LogP contribution in [0, 0.1) is 18.6 Å². The monoisotopic (exact) mass is 354 g/mol. The molecule has 130 valence electrons. The van der Waals surface area contributed by atoms with E-state index in [1.165, 1.54) is 6.07 Å². The smallest absolute Gasteiger partial charge is 0.191 e. The van der Waals surface area contributed by atoms with Crippen molar-refractivity contribution in [2.24, 2.45) is 4.99 Å². The third-order valence-electron chi connectivity index (χ3n) is 3.12. The average Bonchev–Trinajstić information content (AvgIpc) is 2.98. The molecule has 0 radical (unpaired) electrons. The van der Waals surface area contributed by atoms with Crippen molar-refractivity contribution in [3.05, 3.63) is 45.9 Å². The van der Waals surface area contributed by atoms with Gasteiger partial charge in [0.2, 0.25) is 0 Å². The summed E-state index contributed by atoms with van der Waals surface area (Å²) in [5.74, 6) is -0.871. The predicted molar refractivity (Wildman–Crippen MR) is 91.8 cm³/mol. The maximum absolute atomic E-state index is 13.0. The van der Waals surface area contributed by atoms with Crippen LogP contribution in [0.5, 0.6) is 5.75 Å². The molecule has 5 nitrogen and oxygen atoms in total. The number of thiazole rings is 1. The van der Waals surface area contributed by atoms with Gasteiger partial charge in [-0.05, 0) is 19.1 Å². The normalized spacial score (nSPS) is 11.4. The number of guanidine groups is 1. The lowest BCUT2D eigenvalue weighted by Gasteiger charge is -2.12. The van der Waals surface area contributed by atoms with Crippen molar-refractivity contribution in [2.45, 2.75) is 13.3 Å². The molecule has 0 aliphatic heterocycles. The summed E-state index contributed by atoms with van der Waals surface area (Å²) < 4.78 is 31.2. The van der Waals surface area contributed by atoms with Gasteiger partial charge in [-0.1, -0.05) is 0 Å². The third kappa shape index (κ3) is 5.77. The van der Waals surface area contributed by atoms with Crippen LogP contribution in [0.2, 0.25) is 0 Å². The number of benzene rings is 1. The number of nitrogens with one attached hydrogen (secondary N) is 2. The van der Waals surface area contributed by atoms with E-state index in [1.807, 2.05) is 12.3 Å². The van der Waals surface area contributed by atoms with E-state index >= 15 is 0 Å². The zero-order valence-corrected chi connectivity index (χ0v) is 14.4. The number of aryl methyl sites for hydroxylation is 1. The highest BCUT2D eigenvalue weighted by atomic mass is 32.1. The summed E-state index contributed by atoms with van der Waals surface area (Å²) in [6.07, 6.45) is 0.816. The third-order valence-corrected chi connectivity index (χ3v) is 3.94. The Bertz CT molecular complexity index is 690. The first-order valence-corrected chi connectivity index (χ1v) is 8.40. The summed E-state index contributed by atoms with van der Waals surface area (Å²) >= 11 is 1.63. The maximum atomic E-state index is 13.0. The van der Waals surface area contributed by atoms with E-state index in [-0.39, 0.29) is 5.75 Å². The van der Waals surface area contributed by atoms with E-state index in [2.05, 4.69) is 20.6 Å². The van der Waals surface area contributed by atoms with E-state index in [0.29, 0.717) is 25.7 Å². The fourth-order valence-electron chi connectivity index (χ4n) is 1.96. The summed E-state index contributed by atoms with van der Waals surface area (Å²) in [6.45, 7) is 3.48. The molecule has 2 N–H and O–H groups in total. The Morgan fingerprint density at radius 1 is 1.25 bits per heavy atom. The molecule has 2 rings (SSSR count). The minimum atomic E-state index is -0.921. The average molecular weight is 354 g/mol. The van der Waals surface area contributed by atoms with Gasteiger partial charge in [0.15, 0.2) is 17.6 Å². The van der Waals surface area contributed by atoms with Gasteiger partial charge >= 0.3 is 0 Å². The topological polar surface area (TPSA) is 58.5 Å². The Labute approximate surface area is 143 Å². The second-order valence-corrected chi connectivity index (χ2v) is 6.02. The molecule has 0 saturated carbocycles. The van der Waals surface area contributed by atoms with Gasteiger partial charge in [-0.15, -0.1) is 11.3 Å². The second kappa shape index (κ2) is 9.17. The van der Waals surface area contributed by atoms with Crippen LogP contribution >= 0.6 is 11.3 Å². The van der Waals surface area contributed by atoms with Gasteiger partial charge in [0, 0.05) is 31.5 Å². The molecule has 2 aromatic rings. The molecule has 0 aliphatic rings. The molecule has 0 aliphatic carbocycles. The fourth-order valence-corrected chi connectivity index (χ4v) is 2.60. The van der Waals surface area contributed by atoms with Crippen LogP contribution in [-0.2, 0) is 6.42 Å². The van der Waals surface area contributed by atoms with Gasteiger partial charge in [0.1, 0.15) is 12.4 Å². The molecule has 1 aromatic heterocycles. The van der Waals surface area contributed by atoms with Crippen LogP contribution in [0.15, 0.2) is 28.6 Å². The molecular weight excluding hydrogens is 334 g/mol. The molecule has 1 heterocycles. The minimum Gasteiger partial charge on any atom is -0.492 e. The number of aliphatic imine (C=N–C) groups is 1. The quantitative estimate of drug-likeness (QED) is 0.456. The minimum absolute atomic E-state index is 0.289. The number of nitrogens with zero attached hydrogens (tertiary/aromatic N) is 2. The molecule has 0 fully saturated rings. The van der Waals surface area contributed by atoms with Crippen molar-refractivity contribution in [3.8, 4) is 5.75 Å². The zero-order valence-electron chi connectivity index (χ0n) is 13.6. The van der Waals surface area contributed by atoms with Crippen molar-refractivity contribution in [1.29, 1.82) is 0 Å². The number of hydrogen-bond donors (Lipinski definition) is 2. The van der Waals surface area contributed by atoms with Gasteiger partial charge in [-0.3, -0.25) is 4.99 Å². The van der Waals surface area contributed by atoms with E-state index in [0.717, 1.165) is 29.3 Å². The summed E-state index contributed by atoms with van der Waals surface area (Å²) in [6, 6.07) is 3.46. The summed E-state index contributed by atoms with van der Waals surface area (Å²) in [7, 11) is 1.68. The van der Waals surface area contributed by atoms with Crippen LogP contribution in [0.25, 0.3) is 0 Å². The van der Waals surface area contributed by atoms with Gasteiger partial charge in [0.05, 0.1) is 17.2 Å². The van der Waals surface area contributed by atoms with Crippen LogP contribution in [-0.4, -0.2) is 37.7 Å². The predicted octanol–water partition coefficient (Wildman–Crippen LogP) is 2.52. The van der Waals surface area contributed by atoms with Crippen LogP contribution in [0.4, 0.5) is 8.78 Å². The van der Waals surface area contributed by atoms with Crippen LogP contribution in [0.3, 0.4) is 0 Å². The Hall–Kier alpha value is -2.22. The first-order chi connectivity index (χ1) is 11.6. The van der Waals surface area contributed by atoms with Gasteiger partial charge in [0.25, 0.3) is 0 Å². The lowest BCUT2D eigenvalue weighted by atomic mass is 10.3. The number of aromatic nitrogens is 1. The lowest BCUT2D eigenvalue weighted by Crippen LogP contribution is -2.40. The van der Waals surface area contributed by atoms with Gasteiger partial charge in [-0.25, -0.2) is 13.8 Å². The zero-order chi connectivity index (χ0) is 17.4. The molecule has 8 heteroatoms. The number of rotatable bonds is 7. The SMILES string of the molecule is CN=C(NCCOc1ccc(F)c(F)c1)NCCc1csc(C)n1. The summed E-state index contributed by atoms with van der Waals surface area (Å²) in [5.41, 5.74) is 1.06. The van der Waals surface area contributed by atoms with Crippen molar-refractivity contribution >= 4 is 17.3 Å². The highest BCUT2D eigenvalue weighted by Crippen LogP contribution is 2.14. The van der Waals surface area contributed by atoms with Crippen LogP contribution < -0.4 is 15.4 Å². The van der Waals surface area contributed by atoms with E-state index < -0.39 is 11.6 Å². The van der Waals surface area contributed by atoms with Gasteiger partial charge < -0.3 is 15.4 Å². The number of halogens is 2. The lowest BCUT2D eigenvalue weighted by molar-refractivity contribution is 0.318. The van der Waals surface area contributed by atoms with Gasteiger partial charge in [-0.2, -0.15) is 0 Å². The molecule has 0 saturated heterocycles. The van der Waals surface area contributed by atoms with Crippen molar-refractivity contribution in [1.82, 2.24) is 15.6 Å². The molecule has 0 unspecified atom stereocenters. The van der Waals surface area contributed by atoms with Crippen molar-refractivity contribution in [2.75, 3.05) is 26.7 Å². The van der Waals surface area contributed by atoms with Crippen molar-refractivity contribution < 1.29 is 13.5 Å². The van der Waals surface area contributed by atoms with E-state index in [4.69, 9.17) is 4.74 Å². The van der Waals surface area contributed by atoms with E-state index in [9.17, 15) is 8.78 Å². The number of hydrogen-bond acceptors (Lipinski definition) is 4. The largest absolute Gasteiger partial charge is 0.492 e. The van der Waals surface area contributed by atoms with Crippen molar-refractivity contribution in [3.63, 3.8) is 0 Å². The summed E-state index contributed by atoms with van der Waals surface area (Å²) in [5, 5.41) is 9.37. The molecule has 0 atom stereocenters. The Kier molecular flexibility index (Phi) is 6.92. The second-order valence-electron chi connectivity index (χ2n) is 4.96. The highest BCUT2D eigenvalue weighted by Gasteiger charge is 2.04. The molecule has 0 spiro atoms. The molecule has 24 heavy (non-hydrogen) atoms. The first-order valence-electron chi connectivity index (χ1n) is 7.52. The Balaban J connectivity index is 1.65. The Morgan fingerprint density at radius 2 is 2.04 bits per heavy atom. The number of ether oxygens (including phenoxy) is 1. The van der Waals surface area contributed by atoms with Crippen LogP contribution in [0.1, 0.15) is 10.7 Å². The maximum Gasteiger partial charge on any atom is 0.191 e. The fraction of sp³-hybridized carbons (Fsp3) is 0.375. The molecule has 1 aromatic carbocycles. The highest BCUT2D eigenvalue weighted by molar-refractivity contribution is 7.09. The van der Waals surface area contributed by atoms with E-state index in [1.54, 1.807) is 18.4 Å². The first kappa shape index (κ1) is 18.1. The molecule has 0 amide bonds. The summed E-state index contributed by atoms with van der Waals surface area (Å²) in [4.78, 5) is 8.50. The Morgan fingerprint density at radius 3 is 2.71 bits per heavy atom.